The summed E-state index contributed by atoms with van der Waals surface area (Å²) >= 11 is 3.46. The second-order valence-electron chi connectivity index (χ2n) is 7.20. The van der Waals surface area contributed by atoms with Crippen LogP contribution in [0.3, 0.4) is 0 Å². The number of nitrogens with one attached hydrogen (secondary N) is 1. The monoisotopic (exact) mass is 552 g/mol. The summed E-state index contributed by atoms with van der Waals surface area (Å²) in [6, 6.07) is 8.53. The molecule has 2 rings (SSSR count). The van der Waals surface area contributed by atoms with Crippen LogP contribution in [0.4, 0.5) is 4.79 Å². The van der Waals surface area contributed by atoms with Crippen LogP contribution in [0.25, 0.3) is 0 Å². The van der Waals surface area contributed by atoms with Gasteiger partial charge in [0.05, 0.1) is 13.2 Å². The molecular formula is C19H30BrIN4O2. The lowest BCUT2D eigenvalue weighted by Gasteiger charge is -2.32. The molecule has 152 valence electrons. The molecule has 1 aliphatic rings. The average Bonchev–Trinajstić information content (AvgIpc) is 2.61. The van der Waals surface area contributed by atoms with Crippen LogP contribution in [0.2, 0.25) is 0 Å². The molecule has 1 saturated heterocycles. The van der Waals surface area contributed by atoms with Crippen molar-refractivity contribution in [1.82, 2.24) is 10.2 Å². The van der Waals surface area contributed by atoms with Gasteiger partial charge in [0, 0.05) is 29.0 Å². The molecule has 1 fully saturated rings. The maximum absolute atomic E-state index is 11.7. The summed E-state index contributed by atoms with van der Waals surface area (Å²) in [5.74, 6) is 0.463. The number of piperidine rings is 1. The average molecular weight is 553 g/mol. The van der Waals surface area contributed by atoms with Crippen molar-refractivity contribution < 1.29 is 9.53 Å². The largest absolute Gasteiger partial charge is 0.450 e. The van der Waals surface area contributed by atoms with Gasteiger partial charge in [-0.15, -0.1) is 24.0 Å². The highest BCUT2D eigenvalue weighted by molar-refractivity contribution is 14.0. The number of halogens is 2. The Morgan fingerprint density at radius 1 is 1.33 bits per heavy atom. The summed E-state index contributed by atoms with van der Waals surface area (Å²) in [7, 11) is 0. The van der Waals surface area contributed by atoms with Crippen molar-refractivity contribution in [2.24, 2.45) is 10.7 Å². The van der Waals surface area contributed by atoms with Crippen molar-refractivity contribution in [3.05, 3.63) is 34.3 Å². The second-order valence-corrected chi connectivity index (χ2v) is 8.11. The fourth-order valence-electron chi connectivity index (χ4n) is 2.95. The lowest BCUT2D eigenvalue weighted by molar-refractivity contribution is 0.0963. The van der Waals surface area contributed by atoms with Crippen LogP contribution in [-0.2, 0) is 10.2 Å². The second kappa shape index (κ2) is 11.1. The third-order valence-corrected chi connectivity index (χ3v) is 5.17. The Kier molecular flexibility index (Phi) is 9.86. The lowest BCUT2D eigenvalue weighted by Crippen LogP contribution is -2.48. The first-order valence-corrected chi connectivity index (χ1v) is 9.85. The highest BCUT2D eigenvalue weighted by Gasteiger charge is 2.24. The predicted molar refractivity (Wildman–Crippen MR) is 124 cm³/mol. The molecule has 0 spiro atoms. The molecule has 1 amide bonds. The number of nitrogens with two attached hydrogens (primary N) is 1. The van der Waals surface area contributed by atoms with E-state index in [0.29, 0.717) is 32.2 Å². The van der Waals surface area contributed by atoms with Gasteiger partial charge in [0.25, 0.3) is 0 Å². The molecule has 0 atom stereocenters. The van der Waals surface area contributed by atoms with Crippen LogP contribution < -0.4 is 11.1 Å². The topological polar surface area (TPSA) is 80.0 Å². The van der Waals surface area contributed by atoms with E-state index in [-0.39, 0.29) is 41.5 Å². The van der Waals surface area contributed by atoms with Gasteiger partial charge in [-0.3, -0.25) is 4.99 Å². The fraction of sp³-hybridized carbons (Fsp3) is 0.579. The van der Waals surface area contributed by atoms with E-state index in [1.54, 1.807) is 4.90 Å². The number of carbonyl (C=O) groups excluding carboxylic acids is 1. The molecule has 0 aliphatic carbocycles. The third-order valence-electron chi connectivity index (χ3n) is 4.64. The molecule has 1 aromatic rings. The van der Waals surface area contributed by atoms with E-state index in [1.807, 2.05) is 19.1 Å². The summed E-state index contributed by atoms with van der Waals surface area (Å²) in [4.78, 5) is 18.0. The van der Waals surface area contributed by atoms with Crippen molar-refractivity contribution in [2.45, 2.75) is 45.1 Å². The first kappa shape index (κ1) is 24.0. The molecule has 1 aromatic carbocycles. The zero-order valence-corrected chi connectivity index (χ0v) is 20.1. The fourth-order valence-corrected chi connectivity index (χ4v) is 3.22. The standard InChI is InChI=1S/C19H29BrN4O2.HI/c1-4-26-18(25)24-11-9-16(10-12-24)23-17(21)22-13-19(2,3)14-5-7-15(20)8-6-14;/h5-8,16H,4,9-13H2,1-3H3,(H3,21,22,23);1H. The molecule has 3 N–H and O–H groups in total. The molecule has 0 unspecified atom stereocenters. The normalized spacial score (nSPS) is 15.9. The number of hydrogen-bond donors (Lipinski definition) is 2. The van der Waals surface area contributed by atoms with Crippen molar-refractivity contribution in [3.8, 4) is 0 Å². The van der Waals surface area contributed by atoms with Crippen LogP contribution in [0.1, 0.15) is 39.2 Å². The molecule has 27 heavy (non-hydrogen) atoms. The van der Waals surface area contributed by atoms with Crippen LogP contribution in [0.15, 0.2) is 33.7 Å². The smallest absolute Gasteiger partial charge is 0.409 e. The number of ether oxygens (including phenoxy) is 1. The van der Waals surface area contributed by atoms with Gasteiger partial charge >= 0.3 is 6.09 Å². The molecule has 8 heteroatoms. The molecule has 0 saturated carbocycles. The number of nitrogens with zero attached hydrogens (tertiary/aromatic N) is 2. The first-order chi connectivity index (χ1) is 12.3. The van der Waals surface area contributed by atoms with Crippen molar-refractivity contribution >= 4 is 52.0 Å². The van der Waals surface area contributed by atoms with Gasteiger partial charge in [0.15, 0.2) is 5.96 Å². The summed E-state index contributed by atoms with van der Waals surface area (Å²) in [5.41, 5.74) is 7.21. The third kappa shape index (κ3) is 7.48. The maximum atomic E-state index is 11.7. The zero-order valence-electron chi connectivity index (χ0n) is 16.2. The summed E-state index contributed by atoms with van der Waals surface area (Å²) in [5, 5.41) is 3.28. The van der Waals surface area contributed by atoms with Crippen LogP contribution in [0, 0.1) is 0 Å². The van der Waals surface area contributed by atoms with E-state index in [9.17, 15) is 4.79 Å². The number of hydrogen-bond acceptors (Lipinski definition) is 3. The summed E-state index contributed by atoms with van der Waals surface area (Å²) < 4.78 is 6.10. The Balaban J connectivity index is 0.00000364. The Bertz CT molecular complexity index is 629. The zero-order chi connectivity index (χ0) is 19.2. The molecule has 1 aliphatic heterocycles. The van der Waals surface area contributed by atoms with Gasteiger partial charge in [0.2, 0.25) is 0 Å². The molecular weight excluding hydrogens is 523 g/mol. The lowest BCUT2D eigenvalue weighted by atomic mass is 9.85. The molecule has 6 nitrogen and oxygen atoms in total. The highest BCUT2D eigenvalue weighted by atomic mass is 127. The summed E-state index contributed by atoms with van der Waals surface area (Å²) in [6.45, 7) is 8.50. The van der Waals surface area contributed by atoms with E-state index < -0.39 is 0 Å². The van der Waals surface area contributed by atoms with Crippen molar-refractivity contribution in [3.63, 3.8) is 0 Å². The number of guanidine groups is 1. The Morgan fingerprint density at radius 2 is 1.93 bits per heavy atom. The number of aliphatic imine (C=N–C) groups is 1. The van der Waals surface area contributed by atoms with E-state index in [0.717, 1.165) is 17.3 Å². The minimum atomic E-state index is -0.233. The summed E-state index contributed by atoms with van der Waals surface area (Å²) in [6.07, 6.45) is 1.44. The van der Waals surface area contributed by atoms with Crippen molar-refractivity contribution in [2.75, 3.05) is 26.2 Å². The van der Waals surface area contributed by atoms with E-state index >= 15 is 0 Å². The number of benzene rings is 1. The molecule has 0 aromatic heterocycles. The SMILES string of the molecule is CCOC(=O)N1CCC(NC(N)=NCC(C)(C)c2ccc(Br)cc2)CC1.I. The Morgan fingerprint density at radius 3 is 2.48 bits per heavy atom. The van der Waals surface area contributed by atoms with Gasteiger partial charge in [0.1, 0.15) is 0 Å². The van der Waals surface area contributed by atoms with E-state index in [4.69, 9.17) is 10.5 Å². The molecule has 0 radical (unpaired) electrons. The van der Waals surface area contributed by atoms with Crippen LogP contribution >= 0.6 is 39.9 Å². The quantitative estimate of drug-likeness (QED) is 0.330. The Hall–Kier alpha value is -1.03. The van der Waals surface area contributed by atoms with Gasteiger partial charge in [-0.2, -0.15) is 0 Å². The van der Waals surface area contributed by atoms with Crippen molar-refractivity contribution in [1.29, 1.82) is 0 Å². The maximum Gasteiger partial charge on any atom is 0.409 e. The first-order valence-electron chi connectivity index (χ1n) is 9.06. The minimum absolute atomic E-state index is 0. The van der Waals surface area contributed by atoms with E-state index in [2.05, 4.69) is 52.2 Å². The van der Waals surface area contributed by atoms with Gasteiger partial charge in [-0.25, -0.2) is 4.79 Å². The van der Waals surface area contributed by atoms with E-state index in [1.165, 1.54) is 5.56 Å². The van der Waals surface area contributed by atoms with Gasteiger partial charge in [-0.05, 0) is 37.5 Å². The number of carbonyl (C=O) groups is 1. The predicted octanol–water partition coefficient (Wildman–Crippen LogP) is 3.87. The van der Waals surface area contributed by atoms with Crippen LogP contribution in [-0.4, -0.2) is 49.2 Å². The van der Waals surface area contributed by atoms with Gasteiger partial charge < -0.3 is 20.7 Å². The minimum Gasteiger partial charge on any atom is -0.450 e. The van der Waals surface area contributed by atoms with Crippen LogP contribution in [0.5, 0.6) is 0 Å². The number of likely N-dealkylation sites (tertiary alicyclic amines) is 1. The van der Waals surface area contributed by atoms with Gasteiger partial charge in [-0.1, -0.05) is 41.9 Å². The number of rotatable bonds is 5. The number of amides is 1. The Labute approximate surface area is 187 Å². The highest BCUT2D eigenvalue weighted by Crippen LogP contribution is 2.25. The molecule has 0 bridgehead atoms. The molecule has 1 heterocycles.